The Labute approximate surface area is 218 Å². The van der Waals surface area contributed by atoms with Gasteiger partial charge in [-0.1, -0.05) is 24.6 Å². The highest BCUT2D eigenvalue weighted by molar-refractivity contribution is 6.00. The third-order valence-electron chi connectivity index (χ3n) is 7.24. The van der Waals surface area contributed by atoms with Crippen LogP contribution in [0.3, 0.4) is 0 Å². The van der Waals surface area contributed by atoms with Crippen LogP contribution < -0.4 is 4.74 Å². The second-order valence-corrected chi connectivity index (χ2v) is 9.76. The number of hydrogen-bond donors (Lipinski definition) is 2. The van der Waals surface area contributed by atoms with Crippen LogP contribution in [0.2, 0.25) is 0 Å². The van der Waals surface area contributed by atoms with Crippen molar-refractivity contribution in [3.63, 3.8) is 0 Å². The van der Waals surface area contributed by atoms with Gasteiger partial charge in [-0.3, -0.25) is 15.1 Å². The molecule has 5 aromatic heterocycles. The van der Waals surface area contributed by atoms with Crippen LogP contribution in [0.15, 0.2) is 73.3 Å². The van der Waals surface area contributed by atoms with Gasteiger partial charge in [-0.05, 0) is 56.0 Å². The normalized spacial score (nSPS) is 14.3. The van der Waals surface area contributed by atoms with Crippen molar-refractivity contribution >= 4 is 21.9 Å². The van der Waals surface area contributed by atoms with Gasteiger partial charge in [0.25, 0.3) is 0 Å². The maximum atomic E-state index is 14.6. The topological polar surface area (TPSA) is 92.4 Å². The number of nitrogens with one attached hydrogen (secondary N) is 2. The molecule has 0 radical (unpaired) electrons. The highest BCUT2D eigenvalue weighted by Gasteiger charge is 2.18. The number of benzene rings is 1. The van der Waals surface area contributed by atoms with E-state index in [4.69, 9.17) is 9.72 Å². The van der Waals surface area contributed by atoms with E-state index in [1.807, 2.05) is 30.3 Å². The molecule has 0 atom stereocenters. The number of hydrogen-bond acceptors (Lipinski definition) is 5. The van der Waals surface area contributed by atoms with Gasteiger partial charge >= 0.3 is 0 Å². The average molecular weight is 505 g/mol. The molecular formula is C30H25FN6O. The van der Waals surface area contributed by atoms with E-state index in [-0.39, 0.29) is 11.9 Å². The fourth-order valence-electron chi connectivity index (χ4n) is 5.32. The number of aromatic amines is 2. The first kappa shape index (κ1) is 22.6. The molecule has 8 heteroatoms. The Morgan fingerprint density at radius 1 is 0.842 bits per heavy atom. The molecule has 1 saturated carbocycles. The third-order valence-corrected chi connectivity index (χ3v) is 7.24. The summed E-state index contributed by atoms with van der Waals surface area (Å²) in [5.41, 5.74) is 6.69. The van der Waals surface area contributed by atoms with Gasteiger partial charge in [0.05, 0.1) is 40.9 Å². The van der Waals surface area contributed by atoms with E-state index in [2.05, 4.69) is 25.1 Å². The Balaban J connectivity index is 1.26. The maximum absolute atomic E-state index is 14.6. The first-order valence-electron chi connectivity index (χ1n) is 12.9. The Morgan fingerprint density at radius 2 is 1.71 bits per heavy atom. The van der Waals surface area contributed by atoms with Crippen LogP contribution in [0.25, 0.3) is 55.7 Å². The van der Waals surface area contributed by atoms with E-state index in [1.54, 1.807) is 36.9 Å². The summed E-state index contributed by atoms with van der Waals surface area (Å²) in [5, 5.41) is 8.50. The van der Waals surface area contributed by atoms with Crippen LogP contribution in [-0.4, -0.2) is 36.2 Å². The van der Waals surface area contributed by atoms with Gasteiger partial charge in [0, 0.05) is 34.5 Å². The molecule has 188 valence electrons. The summed E-state index contributed by atoms with van der Waals surface area (Å²) in [6.45, 7) is 0. The average Bonchev–Trinajstić information content (AvgIpc) is 3.58. The first-order valence-corrected chi connectivity index (χ1v) is 12.9. The lowest BCUT2D eigenvalue weighted by molar-refractivity contribution is 0.154. The van der Waals surface area contributed by atoms with Crippen molar-refractivity contribution in [3.05, 3.63) is 79.1 Å². The van der Waals surface area contributed by atoms with Crippen LogP contribution in [0.4, 0.5) is 4.39 Å². The predicted molar refractivity (Wildman–Crippen MR) is 145 cm³/mol. The Kier molecular flexibility index (Phi) is 5.57. The highest BCUT2D eigenvalue weighted by Crippen LogP contribution is 2.35. The van der Waals surface area contributed by atoms with Crippen molar-refractivity contribution in [1.82, 2.24) is 30.1 Å². The van der Waals surface area contributed by atoms with E-state index in [1.165, 1.54) is 25.3 Å². The molecule has 0 amide bonds. The smallest absolute Gasteiger partial charge is 0.138 e. The van der Waals surface area contributed by atoms with Crippen molar-refractivity contribution in [2.45, 2.75) is 38.2 Å². The van der Waals surface area contributed by atoms with Gasteiger partial charge in [-0.25, -0.2) is 9.37 Å². The summed E-state index contributed by atoms with van der Waals surface area (Å²) < 4.78 is 20.8. The summed E-state index contributed by atoms with van der Waals surface area (Å²) >= 11 is 0. The summed E-state index contributed by atoms with van der Waals surface area (Å²) in [6.07, 6.45) is 13.1. The SMILES string of the molecule is Fc1ccccc1-c1cncc2[nH]c(-c3n[nH]c4ccc(-c5cncc(OC6CCCCC6)c5)nc34)cc12. The minimum atomic E-state index is -0.288. The van der Waals surface area contributed by atoms with Crippen molar-refractivity contribution < 1.29 is 9.13 Å². The number of halogens is 1. The summed E-state index contributed by atoms with van der Waals surface area (Å²) in [7, 11) is 0. The van der Waals surface area contributed by atoms with Crippen molar-refractivity contribution in [2.24, 2.45) is 0 Å². The zero-order chi connectivity index (χ0) is 25.5. The molecule has 0 saturated heterocycles. The lowest BCUT2D eigenvalue weighted by Crippen LogP contribution is -2.19. The fourth-order valence-corrected chi connectivity index (χ4v) is 5.32. The molecule has 1 aliphatic carbocycles. The summed E-state index contributed by atoms with van der Waals surface area (Å²) in [5.74, 6) is 0.483. The number of nitrogens with zero attached hydrogens (tertiary/aromatic N) is 4. The molecule has 1 aromatic carbocycles. The largest absolute Gasteiger partial charge is 0.489 e. The fraction of sp³-hybridized carbons (Fsp3) is 0.200. The third kappa shape index (κ3) is 4.08. The number of aromatic nitrogens is 6. The van der Waals surface area contributed by atoms with Gasteiger partial charge in [0.15, 0.2) is 0 Å². The Bertz CT molecular complexity index is 1770. The van der Waals surface area contributed by atoms with Crippen LogP contribution in [-0.2, 0) is 0 Å². The number of fused-ring (bicyclic) bond motifs is 2. The first-order chi connectivity index (χ1) is 18.7. The number of ether oxygens (including phenoxy) is 1. The zero-order valence-electron chi connectivity index (χ0n) is 20.6. The molecule has 7 nitrogen and oxygen atoms in total. The quantitative estimate of drug-likeness (QED) is 0.262. The molecular weight excluding hydrogens is 479 g/mol. The van der Waals surface area contributed by atoms with Gasteiger partial charge in [0.2, 0.25) is 0 Å². The highest BCUT2D eigenvalue weighted by atomic mass is 19.1. The number of rotatable bonds is 5. The van der Waals surface area contributed by atoms with Gasteiger partial charge < -0.3 is 9.72 Å². The van der Waals surface area contributed by atoms with Crippen LogP contribution in [0, 0.1) is 5.82 Å². The van der Waals surface area contributed by atoms with Crippen LogP contribution in [0.5, 0.6) is 5.75 Å². The standard InChI is InChI=1S/C30H25FN6O/c31-24-9-5-4-8-21(24)23-16-33-17-28-22(23)13-27(34-28)30-29-26(36-37-30)11-10-25(35-29)18-12-20(15-32-14-18)38-19-6-2-1-3-7-19/h4-5,8-17,19,34H,1-3,6-7H2,(H,36,37). The van der Waals surface area contributed by atoms with Crippen molar-refractivity contribution in [3.8, 4) is 39.5 Å². The van der Waals surface area contributed by atoms with E-state index >= 15 is 0 Å². The van der Waals surface area contributed by atoms with Crippen molar-refractivity contribution in [1.29, 1.82) is 0 Å². The van der Waals surface area contributed by atoms with Gasteiger partial charge in [-0.2, -0.15) is 5.10 Å². The molecule has 1 aliphatic rings. The predicted octanol–water partition coefficient (Wildman–Crippen LogP) is 7.08. The second-order valence-electron chi connectivity index (χ2n) is 9.76. The second kappa shape index (κ2) is 9.37. The number of H-pyrrole nitrogens is 2. The molecule has 1 fully saturated rings. The van der Waals surface area contributed by atoms with E-state index in [9.17, 15) is 4.39 Å². The molecule has 0 spiro atoms. The lowest BCUT2D eigenvalue weighted by Gasteiger charge is -2.22. The van der Waals surface area contributed by atoms with Crippen molar-refractivity contribution in [2.75, 3.05) is 0 Å². The lowest BCUT2D eigenvalue weighted by atomic mass is 9.98. The van der Waals surface area contributed by atoms with Crippen LogP contribution >= 0.6 is 0 Å². The molecule has 5 heterocycles. The molecule has 0 unspecified atom stereocenters. The minimum absolute atomic E-state index is 0.252. The number of pyridine rings is 3. The molecule has 6 aromatic rings. The molecule has 0 bridgehead atoms. The van der Waals surface area contributed by atoms with Gasteiger partial charge in [-0.15, -0.1) is 0 Å². The molecule has 0 aliphatic heterocycles. The maximum Gasteiger partial charge on any atom is 0.138 e. The molecule has 2 N–H and O–H groups in total. The molecule has 7 rings (SSSR count). The summed E-state index contributed by atoms with van der Waals surface area (Å²) in [6, 6.07) is 14.6. The minimum Gasteiger partial charge on any atom is -0.489 e. The van der Waals surface area contributed by atoms with E-state index in [0.717, 1.165) is 63.0 Å². The van der Waals surface area contributed by atoms with E-state index in [0.29, 0.717) is 11.3 Å². The Hall–Kier alpha value is -4.59. The monoisotopic (exact) mass is 504 g/mol. The van der Waals surface area contributed by atoms with Gasteiger partial charge in [0.1, 0.15) is 22.8 Å². The summed E-state index contributed by atoms with van der Waals surface area (Å²) in [4.78, 5) is 17.1. The Morgan fingerprint density at radius 3 is 2.61 bits per heavy atom. The van der Waals surface area contributed by atoms with Crippen LogP contribution in [0.1, 0.15) is 32.1 Å². The zero-order valence-corrected chi connectivity index (χ0v) is 20.6. The molecule has 38 heavy (non-hydrogen) atoms. The van der Waals surface area contributed by atoms with E-state index < -0.39 is 0 Å².